The maximum absolute atomic E-state index is 13.2. The molecule has 0 aromatic rings. The first-order valence-electron chi connectivity index (χ1n) is 45.4. The van der Waals surface area contributed by atoms with Crippen molar-refractivity contribution in [2.75, 3.05) is 39.6 Å². The molecule has 17 nitrogen and oxygen atoms in total. The molecular weight excluding hydrogens is 1390 g/mol. The number of aliphatic hydroxyl groups is 1. The standard InChI is InChI=1S/C88H172O17P2/c1-8-10-11-12-13-14-15-16-17-18-19-20-21-22-27-33-38-43-48-57-64-71-87(92)104-83(75-98-85(90)69-62-55-47-42-37-32-28-23-25-30-35-40-45-52-59-66-79(3)4)77-102-106(94,95)100-73-82(89)74-101-107(96,97)103-78-84(76-99-86(91)70-63-56-51-50-54-61-68-81(7)9-2)105-88(93)72-65-58-49-44-39-34-29-24-26-31-36-41-46-53-60-67-80(5)6/h79-84,89H,8-78H2,1-7H3,(H,94,95)(H,96,97)/t81?,82-,83-,84-/m1/s1. The molecular formula is C88H172O17P2. The van der Waals surface area contributed by atoms with Crippen LogP contribution in [0.25, 0.3) is 0 Å². The van der Waals surface area contributed by atoms with Gasteiger partial charge in [-0.2, -0.15) is 0 Å². The summed E-state index contributed by atoms with van der Waals surface area (Å²) in [4.78, 5) is 73.3. The molecule has 0 aromatic carbocycles. The number of carbonyl (C=O) groups is 4. The molecule has 3 N–H and O–H groups in total. The van der Waals surface area contributed by atoms with E-state index in [9.17, 15) is 43.2 Å². The second-order valence-electron chi connectivity index (χ2n) is 32.8. The Morgan fingerprint density at radius 2 is 0.477 bits per heavy atom. The van der Waals surface area contributed by atoms with E-state index in [-0.39, 0.29) is 25.7 Å². The average Bonchev–Trinajstić information content (AvgIpc) is 0.903. The van der Waals surface area contributed by atoms with Crippen LogP contribution >= 0.6 is 15.6 Å². The predicted molar refractivity (Wildman–Crippen MR) is 441 cm³/mol. The summed E-state index contributed by atoms with van der Waals surface area (Å²) < 4.78 is 69.0. The molecule has 0 aromatic heterocycles. The monoisotopic (exact) mass is 1560 g/mol. The largest absolute Gasteiger partial charge is 0.472 e. The second-order valence-corrected chi connectivity index (χ2v) is 35.7. The van der Waals surface area contributed by atoms with Gasteiger partial charge in [0.15, 0.2) is 12.2 Å². The van der Waals surface area contributed by atoms with Crippen LogP contribution in [0.3, 0.4) is 0 Å². The highest BCUT2D eigenvalue weighted by Crippen LogP contribution is 2.45. The van der Waals surface area contributed by atoms with Crippen molar-refractivity contribution in [2.24, 2.45) is 17.8 Å². The zero-order chi connectivity index (χ0) is 78.6. The van der Waals surface area contributed by atoms with Gasteiger partial charge in [-0.05, 0) is 43.4 Å². The molecule has 0 saturated carbocycles. The van der Waals surface area contributed by atoms with E-state index >= 15 is 0 Å². The molecule has 0 aliphatic carbocycles. The Kier molecular flexibility index (Phi) is 76.6. The molecule has 0 bridgehead atoms. The Labute approximate surface area is 658 Å². The van der Waals surface area contributed by atoms with E-state index in [1.54, 1.807) is 0 Å². The van der Waals surface area contributed by atoms with E-state index in [1.165, 1.54) is 270 Å². The molecule has 6 atom stereocenters. The quantitative estimate of drug-likeness (QED) is 0.0222. The highest BCUT2D eigenvalue weighted by Gasteiger charge is 2.31. The van der Waals surface area contributed by atoms with Crippen LogP contribution < -0.4 is 0 Å². The van der Waals surface area contributed by atoms with Gasteiger partial charge in [-0.25, -0.2) is 9.13 Å². The first kappa shape index (κ1) is 105. The van der Waals surface area contributed by atoms with Crippen LogP contribution in [0, 0.1) is 17.8 Å². The Hall–Kier alpha value is -1.94. The fraction of sp³-hybridized carbons (Fsp3) is 0.955. The minimum Gasteiger partial charge on any atom is -0.462 e. The lowest BCUT2D eigenvalue weighted by Crippen LogP contribution is -2.30. The van der Waals surface area contributed by atoms with Gasteiger partial charge in [-0.1, -0.05) is 414 Å². The molecule has 0 amide bonds. The maximum Gasteiger partial charge on any atom is 0.472 e. The summed E-state index contributed by atoms with van der Waals surface area (Å²) in [7, 11) is -9.93. The van der Waals surface area contributed by atoms with Crippen molar-refractivity contribution in [1.82, 2.24) is 0 Å². The number of hydrogen-bond acceptors (Lipinski definition) is 15. The van der Waals surface area contributed by atoms with Crippen molar-refractivity contribution >= 4 is 39.5 Å². The number of hydrogen-bond donors (Lipinski definition) is 3. The van der Waals surface area contributed by atoms with Crippen LogP contribution in [-0.2, 0) is 65.4 Å². The topological polar surface area (TPSA) is 237 Å². The maximum atomic E-state index is 13.2. The highest BCUT2D eigenvalue weighted by atomic mass is 31.2. The minimum atomic E-state index is -4.97. The van der Waals surface area contributed by atoms with E-state index in [2.05, 4.69) is 48.5 Å². The van der Waals surface area contributed by atoms with Crippen molar-refractivity contribution in [2.45, 2.75) is 484 Å². The average molecular weight is 1560 g/mol. The van der Waals surface area contributed by atoms with Crippen LogP contribution in [0.2, 0.25) is 0 Å². The number of carbonyl (C=O) groups excluding carboxylic acids is 4. The molecule has 0 rings (SSSR count). The number of phosphoric acid groups is 2. The lowest BCUT2D eigenvalue weighted by atomic mass is 10.00. The second kappa shape index (κ2) is 78.0. The van der Waals surface area contributed by atoms with Crippen LogP contribution in [0.5, 0.6) is 0 Å². The number of phosphoric ester groups is 2. The fourth-order valence-corrected chi connectivity index (χ4v) is 15.3. The van der Waals surface area contributed by atoms with Gasteiger partial charge >= 0.3 is 39.5 Å². The number of ether oxygens (including phenoxy) is 4. The van der Waals surface area contributed by atoms with E-state index < -0.39 is 97.5 Å². The molecule has 0 aliphatic rings. The van der Waals surface area contributed by atoms with Gasteiger partial charge in [0, 0.05) is 25.7 Å². The van der Waals surface area contributed by atoms with E-state index in [4.69, 9.17) is 37.0 Å². The van der Waals surface area contributed by atoms with E-state index in [0.717, 1.165) is 114 Å². The molecule has 0 spiro atoms. The summed E-state index contributed by atoms with van der Waals surface area (Å²) in [5.74, 6) is 0.236. The third-order valence-corrected chi connectivity index (χ3v) is 22.9. The molecule has 107 heavy (non-hydrogen) atoms. The molecule has 0 saturated heterocycles. The van der Waals surface area contributed by atoms with Crippen LogP contribution in [-0.4, -0.2) is 96.7 Å². The van der Waals surface area contributed by atoms with Crippen molar-refractivity contribution in [3.63, 3.8) is 0 Å². The number of esters is 4. The molecule has 636 valence electrons. The number of aliphatic hydroxyl groups excluding tert-OH is 1. The minimum absolute atomic E-state index is 0.107. The summed E-state index contributed by atoms with van der Waals surface area (Å²) in [6.45, 7) is 12.0. The van der Waals surface area contributed by atoms with E-state index in [0.29, 0.717) is 25.7 Å². The first-order valence-corrected chi connectivity index (χ1v) is 48.4. The summed E-state index contributed by atoms with van der Waals surface area (Å²) in [6, 6.07) is 0. The van der Waals surface area contributed by atoms with Gasteiger partial charge < -0.3 is 33.8 Å². The van der Waals surface area contributed by atoms with Crippen LogP contribution in [0.1, 0.15) is 466 Å². The van der Waals surface area contributed by atoms with Crippen LogP contribution in [0.4, 0.5) is 0 Å². The number of unbranched alkanes of at least 4 members (excludes halogenated alkanes) is 53. The van der Waals surface area contributed by atoms with Gasteiger partial charge in [0.2, 0.25) is 0 Å². The highest BCUT2D eigenvalue weighted by molar-refractivity contribution is 7.47. The summed E-state index contributed by atoms with van der Waals surface area (Å²) in [6.07, 6.45) is 69.6. The van der Waals surface area contributed by atoms with Gasteiger partial charge in [-0.3, -0.25) is 37.3 Å². The van der Waals surface area contributed by atoms with E-state index in [1.807, 2.05) is 0 Å². The molecule has 3 unspecified atom stereocenters. The van der Waals surface area contributed by atoms with Gasteiger partial charge in [0.1, 0.15) is 19.3 Å². The van der Waals surface area contributed by atoms with Gasteiger partial charge in [0.05, 0.1) is 26.4 Å². The SMILES string of the molecule is CCCCCCCCCCCCCCCCCCCCCCCC(=O)O[C@H](COC(=O)CCCCCCCCCCCCCCCCCC(C)C)COP(=O)(O)OC[C@@H](O)COP(=O)(O)OC[C@@H](COC(=O)CCCCCCCCC(C)CC)OC(=O)CCCCCCCCCCCCCCCCCC(C)C. The molecule has 0 fully saturated rings. The Morgan fingerprint density at radius 1 is 0.271 bits per heavy atom. The van der Waals surface area contributed by atoms with Crippen molar-refractivity contribution in [3.8, 4) is 0 Å². The third-order valence-electron chi connectivity index (χ3n) is 21.0. The van der Waals surface area contributed by atoms with Gasteiger partial charge in [-0.15, -0.1) is 0 Å². The zero-order valence-corrected chi connectivity index (χ0v) is 72.4. The van der Waals surface area contributed by atoms with Crippen molar-refractivity contribution in [3.05, 3.63) is 0 Å². The zero-order valence-electron chi connectivity index (χ0n) is 70.6. The third kappa shape index (κ3) is 80.5. The molecule has 0 aliphatic heterocycles. The van der Waals surface area contributed by atoms with Crippen molar-refractivity contribution < 1.29 is 80.2 Å². The molecule has 0 heterocycles. The molecule has 19 heteroatoms. The van der Waals surface area contributed by atoms with Crippen LogP contribution in [0.15, 0.2) is 0 Å². The van der Waals surface area contributed by atoms with Crippen molar-refractivity contribution in [1.29, 1.82) is 0 Å². The number of rotatable bonds is 86. The normalized spacial score (nSPS) is 14.1. The van der Waals surface area contributed by atoms with Gasteiger partial charge in [0.25, 0.3) is 0 Å². The summed E-state index contributed by atoms with van der Waals surface area (Å²) >= 11 is 0. The fourth-order valence-electron chi connectivity index (χ4n) is 13.7. The summed E-state index contributed by atoms with van der Waals surface area (Å²) in [5, 5.41) is 10.7. The smallest absolute Gasteiger partial charge is 0.462 e. The summed E-state index contributed by atoms with van der Waals surface area (Å²) in [5.41, 5.74) is 0. The predicted octanol–water partition coefficient (Wildman–Crippen LogP) is 26.9. The first-order chi connectivity index (χ1) is 51.8. The lowest BCUT2D eigenvalue weighted by molar-refractivity contribution is -0.161. The molecule has 0 radical (unpaired) electrons. The lowest BCUT2D eigenvalue weighted by Gasteiger charge is -2.21. The Bertz CT molecular complexity index is 2060. The Morgan fingerprint density at radius 3 is 0.710 bits per heavy atom. The Balaban J connectivity index is 5.23.